The Bertz CT molecular complexity index is 655. The van der Waals surface area contributed by atoms with Crippen molar-refractivity contribution in [3.8, 4) is 6.07 Å². The van der Waals surface area contributed by atoms with E-state index >= 15 is 0 Å². The van der Waals surface area contributed by atoms with Crippen LogP contribution >= 0.6 is 11.6 Å². The molecule has 1 aliphatic carbocycles. The van der Waals surface area contributed by atoms with Gasteiger partial charge in [0.1, 0.15) is 4.90 Å². The number of nitrogens with one attached hydrogen (secondary N) is 1. The van der Waals surface area contributed by atoms with Gasteiger partial charge >= 0.3 is 0 Å². The number of nitriles is 1. The molecular weight excluding hydrogens is 312 g/mol. The lowest BCUT2D eigenvalue weighted by Crippen LogP contribution is -2.42. The standard InChI is InChI=1S/C14H17ClN2O3S/c15-11-7-6-10(9-16)8-14(11)21(19,20)17-12-4-2-1-3-5-13(12)18/h6-8,12-13,17-18H,1-5H2. The molecule has 1 aliphatic rings. The maximum Gasteiger partial charge on any atom is 0.242 e. The molecule has 0 aromatic heterocycles. The van der Waals surface area contributed by atoms with Crippen LogP contribution < -0.4 is 4.72 Å². The number of hydrogen-bond donors (Lipinski definition) is 2. The van der Waals surface area contributed by atoms with E-state index in [-0.39, 0.29) is 15.5 Å². The van der Waals surface area contributed by atoms with Crippen LogP contribution in [0.2, 0.25) is 5.02 Å². The van der Waals surface area contributed by atoms with E-state index in [2.05, 4.69) is 4.72 Å². The molecule has 21 heavy (non-hydrogen) atoms. The number of aliphatic hydroxyl groups excluding tert-OH is 1. The Balaban J connectivity index is 2.27. The third-order valence-corrected chi connectivity index (χ3v) is 5.61. The third kappa shape index (κ3) is 3.95. The predicted molar refractivity (Wildman–Crippen MR) is 79.4 cm³/mol. The molecular formula is C14H17ClN2O3S. The van der Waals surface area contributed by atoms with Crippen LogP contribution in [0, 0.1) is 11.3 Å². The first-order valence-corrected chi connectivity index (χ1v) is 8.70. The smallest absolute Gasteiger partial charge is 0.242 e. The summed E-state index contributed by atoms with van der Waals surface area (Å²) in [5.74, 6) is 0. The summed E-state index contributed by atoms with van der Waals surface area (Å²) in [5.41, 5.74) is 0.223. The number of sulfonamides is 1. The van der Waals surface area contributed by atoms with Crippen LogP contribution in [0.1, 0.15) is 37.7 Å². The van der Waals surface area contributed by atoms with Crippen molar-refractivity contribution >= 4 is 21.6 Å². The molecule has 1 aromatic rings. The van der Waals surface area contributed by atoms with Crippen molar-refractivity contribution in [1.29, 1.82) is 5.26 Å². The lowest BCUT2D eigenvalue weighted by Gasteiger charge is -2.22. The fraction of sp³-hybridized carbons (Fsp3) is 0.500. The summed E-state index contributed by atoms with van der Waals surface area (Å²) in [5, 5.41) is 18.9. The molecule has 0 aliphatic heterocycles. The largest absolute Gasteiger partial charge is 0.391 e. The molecule has 2 atom stereocenters. The van der Waals surface area contributed by atoms with Gasteiger partial charge in [0.2, 0.25) is 10.0 Å². The van der Waals surface area contributed by atoms with E-state index in [1.807, 2.05) is 6.07 Å². The van der Waals surface area contributed by atoms with Gasteiger partial charge in [-0.3, -0.25) is 0 Å². The van der Waals surface area contributed by atoms with Crippen molar-refractivity contribution in [2.45, 2.75) is 49.1 Å². The van der Waals surface area contributed by atoms with Crippen LogP contribution in [0.25, 0.3) is 0 Å². The van der Waals surface area contributed by atoms with E-state index in [1.54, 1.807) is 0 Å². The van der Waals surface area contributed by atoms with Crippen molar-refractivity contribution in [3.63, 3.8) is 0 Å². The number of nitrogens with zero attached hydrogens (tertiary/aromatic N) is 1. The number of aliphatic hydroxyl groups is 1. The molecule has 114 valence electrons. The first kappa shape index (κ1) is 16.2. The van der Waals surface area contributed by atoms with Crippen molar-refractivity contribution in [2.24, 2.45) is 0 Å². The Hall–Kier alpha value is -1.13. The minimum absolute atomic E-state index is 0.0598. The zero-order valence-corrected chi connectivity index (χ0v) is 13.0. The molecule has 0 bridgehead atoms. The Morgan fingerprint density at radius 1 is 1.29 bits per heavy atom. The summed E-state index contributed by atoms with van der Waals surface area (Å²) >= 11 is 5.93. The number of rotatable bonds is 3. The monoisotopic (exact) mass is 328 g/mol. The summed E-state index contributed by atoms with van der Waals surface area (Å²) in [7, 11) is -3.87. The molecule has 1 aromatic carbocycles. The Kier molecular flexibility index (Phi) is 5.22. The van der Waals surface area contributed by atoms with E-state index in [4.69, 9.17) is 16.9 Å². The average molecular weight is 329 g/mol. The molecule has 0 heterocycles. The second-order valence-electron chi connectivity index (χ2n) is 5.19. The van der Waals surface area contributed by atoms with Crippen LogP contribution in [0.5, 0.6) is 0 Å². The van der Waals surface area contributed by atoms with Crippen LogP contribution in [0.15, 0.2) is 23.1 Å². The van der Waals surface area contributed by atoms with Crippen LogP contribution in [0.3, 0.4) is 0 Å². The average Bonchev–Trinajstić information content (AvgIpc) is 2.64. The molecule has 0 saturated heterocycles. The number of halogens is 1. The van der Waals surface area contributed by atoms with E-state index in [0.29, 0.717) is 12.8 Å². The highest BCUT2D eigenvalue weighted by molar-refractivity contribution is 7.89. The minimum atomic E-state index is -3.87. The van der Waals surface area contributed by atoms with Crippen molar-refractivity contribution in [3.05, 3.63) is 28.8 Å². The Morgan fingerprint density at radius 3 is 2.71 bits per heavy atom. The fourth-order valence-electron chi connectivity index (χ4n) is 2.47. The Labute approximate surface area is 129 Å². The predicted octanol–water partition coefficient (Wildman–Crippen LogP) is 2.18. The fourth-order valence-corrected chi connectivity index (χ4v) is 4.30. The molecule has 2 unspecified atom stereocenters. The van der Waals surface area contributed by atoms with Gasteiger partial charge in [0.25, 0.3) is 0 Å². The molecule has 7 heteroatoms. The lowest BCUT2D eigenvalue weighted by molar-refractivity contribution is 0.130. The van der Waals surface area contributed by atoms with Gasteiger partial charge in [0, 0.05) is 6.04 Å². The van der Waals surface area contributed by atoms with Gasteiger partial charge in [-0.15, -0.1) is 0 Å². The third-order valence-electron chi connectivity index (χ3n) is 3.64. The van der Waals surface area contributed by atoms with Gasteiger partial charge in [-0.2, -0.15) is 5.26 Å². The molecule has 2 N–H and O–H groups in total. The lowest BCUT2D eigenvalue weighted by atomic mass is 10.1. The van der Waals surface area contributed by atoms with Crippen LogP contribution in [-0.4, -0.2) is 25.7 Å². The van der Waals surface area contributed by atoms with Gasteiger partial charge in [0.05, 0.1) is 22.8 Å². The summed E-state index contributed by atoms with van der Waals surface area (Å²) < 4.78 is 27.4. The van der Waals surface area contributed by atoms with Gasteiger partial charge in [-0.1, -0.05) is 30.9 Å². The topological polar surface area (TPSA) is 90.2 Å². The maximum absolute atomic E-state index is 12.4. The van der Waals surface area contributed by atoms with Gasteiger partial charge in [-0.25, -0.2) is 13.1 Å². The molecule has 1 saturated carbocycles. The van der Waals surface area contributed by atoms with E-state index in [9.17, 15) is 13.5 Å². The molecule has 0 spiro atoms. The Morgan fingerprint density at radius 2 is 2.00 bits per heavy atom. The highest BCUT2D eigenvalue weighted by Gasteiger charge is 2.28. The van der Waals surface area contributed by atoms with Gasteiger partial charge < -0.3 is 5.11 Å². The highest BCUT2D eigenvalue weighted by Crippen LogP contribution is 2.25. The first-order valence-electron chi connectivity index (χ1n) is 6.84. The summed E-state index contributed by atoms with van der Waals surface area (Å²) in [6.07, 6.45) is 3.23. The van der Waals surface area contributed by atoms with Crippen LogP contribution in [-0.2, 0) is 10.0 Å². The quantitative estimate of drug-likeness (QED) is 0.832. The van der Waals surface area contributed by atoms with Crippen molar-refractivity contribution in [1.82, 2.24) is 4.72 Å². The highest BCUT2D eigenvalue weighted by atomic mass is 35.5. The molecule has 0 amide bonds. The van der Waals surface area contributed by atoms with Crippen LogP contribution in [0.4, 0.5) is 0 Å². The van der Waals surface area contributed by atoms with E-state index in [0.717, 1.165) is 19.3 Å². The minimum Gasteiger partial charge on any atom is -0.391 e. The normalized spacial score (nSPS) is 23.3. The first-order chi connectivity index (χ1) is 9.94. The number of benzene rings is 1. The number of hydrogen-bond acceptors (Lipinski definition) is 4. The zero-order chi connectivity index (χ0) is 15.5. The van der Waals surface area contributed by atoms with E-state index < -0.39 is 22.2 Å². The molecule has 5 nitrogen and oxygen atoms in total. The molecule has 0 radical (unpaired) electrons. The molecule has 2 rings (SSSR count). The van der Waals surface area contributed by atoms with Crippen molar-refractivity contribution < 1.29 is 13.5 Å². The summed E-state index contributed by atoms with van der Waals surface area (Å²) in [6, 6.07) is 5.47. The zero-order valence-electron chi connectivity index (χ0n) is 11.4. The van der Waals surface area contributed by atoms with Crippen molar-refractivity contribution in [2.75, 3.05) is 0 Å². The van der Waals surface area contributed by atoms with Gasteiger partial charge in [0.15, 0.2) is 0 Å². The summed E-state index contributed by atoms with van der Waals surface area (Å²) in [6.45, 7) is 0. The molecule has 1 fully saturated rings. The maximum atomic E-state index is 12.4. The van der Waals surface area contributed by atoms with Gasteiger partial charge in [-0.05, 0) is 31.0 Å². The summed E-state index contributed by atoms with van der Waals surface area (Å²) in [4.78, 5) is -0.125. The second kappa shape index (κ2) is 6.75. The SMILES string of the molecule is N#Cc1ccc(Cl)c(S(=O)(=O)NC2CCCCCC2O)c1. The second-order valence-corrected chi connectivity index (χ2v) is 7.28. The van der Waals surface area contributed by atoms with E-state index in [1.165, 1.54) is 18.2 Å².